The van der Waals surface area contributed by atoms with Gasteiger partial charge in [0, 0.05) is 43.0 Å². The molecule has 1 aliphatic rings. The predicted octanol–water partition coefficient (Wildman–Crippen LogP) is 3.68. The summed E-state index contributed by atoms with van der Waals surface area (Å²) in [5.41, 5.74) is 3.24. The van der Waals surface area contributed by atoms with E-state index >= 15 is 0 Å². The zero-order valence-electron chi connectivity index (χ0n) is 18.4. The summed E-state index contributed by atoms with van der Waals surface area (Å²) in [6.45, 7) is 2.56. The lowest BCUT2D eigenvalue weighted by Crippen LogP contribution is -2.42. The minimum absolute atomic E-state index is 0.00601. The molecule has 1 N–H and O–H groups in total. The van der Waals surface area contributed by atoms with Gasteiger partial charge in [0.15, 0.2) is 0 Å². The van der Waals surface area contributed by atoms with Gasteiger partial charge >= 0.3 is 0 Å². The topological polar surface area (TPSA) is 84.6 Å². The minimum atomic E-state index is -0.00601. The number of aryl methyl sites for hydroxylation is 1. The Morgan fingerprint density at radius 3 is 3.12 bits per heavy atom. The molecule has 0 saturated carbocycles. The van der Waals surface area contributed by atoms with Crippen LogP contribution in [0.1, 0.15) is 23.8 Å². The Bertz CT molecular complexity index is 1280. The summed E-state index contributed by atoms with van der Waals surface area (Å²) in [5, 5.41) is 8.80. The van der Waals surface area contributed by atoms with Crippen LogP contribution >= 0.6 is 11.3 Å². The Morgan fingerprint density at radius 1 is 1.41 bits per heavy atom. The highest BCUT2D eigenvalue weighted by Gasteiger charge is 2.31. The summed E-state index contributed by atoms with van der Waals surface area (Å²) in [6, 6.07) is 6.06. The number of methoxy groups -OCH3 is 1. The molecule has 4 heterocycles. The van der Waals surface area contributed by atoms with Crippen molar-refractivity contribution in [2.45, 2.75) is 32.2 Å². The Balaban J connectivity index is 1.42. The van der Waals surface area contributed by atoms with E-state index in [-0.39, 0.29) is 17.9 Å². The van der Waals surface area contributed by atoms with Crippen LogP contribution in [0, 0.1) is 5.92 Å². The summed E-state index contributed by atoms with van der Waals surface area (Å²) in [5.74, 6) is 0.997. The van der Waals surface area contributed by atoms with Gasteiger partial charge in [-0.3, -0.25) is 4.79 Å². The number of nitrogens with one attached hydrogen (secondary N) is 1. The number of pyridine rings is 1. The lowest BCUT2D eigenvalue weighted by Gasteiger charge is -2.30. The van der Waals surface area contributed by atoms with E-state index < -0.39 is 0 Å². The number of rotatable bonds is 6. The fraction of sp³-hybridized carbons (Fsp3) is 0.391. The average Bonchev–Trinajstić information content (AvgIpc) is 3.42. The molecule has 166 valence electrons. The van der Waals surface area contributed by atoms with Crippen molar-refractivity contribution >= 4 is 44.5 Å². The highest BCUT2D eigenvalue weighted by molar-refractivity contribution is 7.19. The van der Waals surface area contributed by atoms with Crippen LogP contribution in [0.3, 0.4) is 0 Å². The van der Waals surface area contributed by atoms with Gasteiger partial charge < -0.3 is 15.0 Å². The van der Waals surface area contributed by atoms with Crippen molar-refractivity contribution in [2.75, 3.05) is 26.1 Å². The molecule has 8 nitrogen and oxygen atoms in total. The van der Waals surface area contributed by atoms with Gasteiger partial charge in [0.1, 0.15) is 17.0 Å². The molecule has 9 heteroatoms. The van der Waals surface area contributed by atoms with Crippen LogP contribution in [-0.2, 0) is 22.4 Å². The van der Waals surface area contributed by atoms with Gasteiger partial charge in [-0.05, 0) is 49.9 Å². The third-order valence-electron chi connectivity index (χ3n) is 6.27. The molecular weight excluding hydrogens is 424 g/mol. The lowest BCUT2D eigenvalue weighted by molar-refractivity contribution is -0.137. The number of nitrogens with zero attached hydrogens (tertiary/aromatic N) is 5. The molecule has 0 aliphatic heterocycles. The number of anilines is 2. The summed E-state index contributed by atoms with van der Waals surface area (Å²) in [6.07, 6.45) is 7.74. The Kier molecular flexibility index (Phi) is 5.52. The van der Waals surface area contributed by atoms with Gasteiger partial charge in [0.2, 0.25) is 5.91 Å². The zero-order valence-corrected chi connectivity index (χ0v) is 19.2. The largest absolute Gasteiger partial charge is 0.383 e. The Labute approximate surface area is 190 Å². The summed E-state index contributed by atoms with van der Waals surface area (Å²) in [4.78, 5) is 26.2. The summed E-state index contributed by atoms with van der Waals surface area (Å²) in [7, 11) is 3.54. The van der Waals surface area contributed by atoms with E-state index in [0.717, 1.165) is 46.5 Å². The standard InChI is InChI=1S/C23H26N6O2S/c1-14(12-31-3)28(2)23(30)15-4-5-18-19(10-15)32-22-20(18)21(24-13-25-22)27-16-7-9-29-17(11-16)6-8-26-29/h6-9,11,13-15H,4-5,10,12H2,1-3H3,(H,24,25,27)/t14-,15?/m1/s1. The van der Waals surface area contributed by atoms with E-state index in [1.807, 2.05) is 47.8 Å². The number of aromatic nitrogens is 4. The van der Waals surface area contributed by atoms with Crippen LogP contribution in [-0.4, -0.2) is 57.2 Å². The van der Waals surface area contributed by atoms with E-state index in [9.17, 15) is 4.79 Å². The normalized spacial score (nSPS) is 16.8. The van der Waals surface area contributed by atoms with Crippen molar-refractivity contribution in [1.82, 2.24) is 24.5 Å². The van der Waals surface area contributed by atoms with Crippen LogP contribution < -0.4 is 5.32 Å². The van der Waals surface area contributed by atoms with Crippen molar-refractivity contribution in [2.24, 2.45) is 5.92 Å². The maximum atomic E-state index is 13.1. The van der Waals surface area contributed by atoms with Gasteiger partial charge in [0.25, 0.3) is 0 Å². The highest BCUT2D eigenvalue weighted by atomic mass is 32.1. The third kappa shape index (κ3) is 3.71. The second kappa shape index (κ2) is 8.48. The summed E-state index contributed by atoms with van der Waals surface area (Å²) < 4.78 is 7.05. The molecular formula is C23H26N6O2S. The monoisotopic (exact) mass is 450 g/mol. The van der Waals surface area contributed by atoms with Gasteiger partial charge in [-0.2, -0.15) is 5.10 Å². The van der Waals surface area contributed by atoms with Crippen LogP contribution in [0.2, 0.25) is 0 Å². The molecule has 0 aromatic carbocycles. The molecule has 0 fully saturated rings. The predicted molar refractivity (Wildman–Crippen MR) is 126 cm³/mol. The first-order valence-electron chi connectivity index (χ1n) is 10.8. The maximum absolute atomic E-state index is 13.1. The molecule has 1 aliphatic carbocycles. The van der Waals surface area contributed by atoms with E-state index in [2.05, 4.69) is 20.4 Å². The van der Waals surface area contributed by atoms with Gasteiger partial charge in [0.05, 0.1) is 23.6 Å². The number of carbonyl (C=O) groups excluding carboxylic acids is 1. The van der Waals surface area contributed by atoms with Crippen molar-refractivity contribution in [3.05, 3.63) is 47.4 Å². The molecule has 0 saturated heterocycles. The van der Waals surface area contributed by atoms with Crippen LogP contribution in [0.4, 0.5) is 11.5 Å². The second-order valence-electron chi connectivity index (χ2n) is 8.34. The number of amides is 1. The van der Waals surface area contributed by atoms with Crippen molar-refractivity contribution < 1.29 is 9.53 Å². The third-order valence-corrected chi connectivity index (χ3v) is 7.44. The molecule has 4 aromatic rings. The number of thiophene rings is 1. The average molecular weight is 451 g/mol. The molecule has 5 rings (SSSR count). The van der Waals surface area contributed by atoms with Crippen molar-refractivity contribution in [3.8, 4) is 0 Å². The lowest BCUT2D eigenvalue weighted by atomic mass is 9.86. The van der Waals surface area contributed by atoms with Gasteiger partial charge in [-0.25, -0.2) is 14.5 Å². The first-order valence-corrected chi connectivity index (χ1v) is 11.6. The van der Waals surface area contributed by atoms with E-state index in [4.69, 9.17) is 4.74 Å². The van der Waals surface area contributed by atoms with Gasteiger partial charge in [-0.1, -0.05) is 0 Å². The molecule has 1 unspecified atom stereocenters. The molecule has 2 atom stereocenters. The van der Waals surface area contributed by atoms with E-state index in [1.54, 1.807) is 31.0 Å². The Morgan fingerprint density at radius 2 is 2.28 bits per heavy atom. The smallest absolute Gasteiger partial charge is 0.226 e. The first-order chi connectivity index (χ1) is 15.5. The molecule has 0 spiro atoms. The van der Waals surface area contributed by atoms with Gasteiger partial charge in [-0.15, -0.1) is 11.3 Å². The number of ether oxygens (including phenoxy) is 1. The van der Waals surface area contributed by atoms with E-state index in [0.29, 0.717) is 6.61 Å². The molecule has 4 aromatic heterocycles. The molecule has 0 radical (unpaired) electrons. The first kappa shape index (κ1) is 20.8. The molecule has 32 heavy (non-hydrogen) atoms. The molecule has 1 amide bonds. The van der Waals surface area contributed by atoms with E-state index in [1.165, 1.54) is 10.4 Å². The number of carbonyl (C=O) groups is 1. The summed E-state index contributed by atoms with van der Waals surface area (Å²) >= 11 is 1.68. The number of hydrogen-bond acceptors (Lipinski definition) is 7. The maximum Gasteiger partial charge on any atom is 0.226 e. The number of likely N-dealkylation sites (N-methyl/N-ethyl adjacent to an activating group) is 1. The zero-order chi connectivity index (χ0) is 22.2. The fourth-order valence-electron chi connectivity index (χ4n) is 4.41. The van der Waals surface area contributed by atoms with Crippen LogP contribution in [0.25, 0.3) is 15.7 Å². The second-order valence-corrected chi connectivity index (χ2v) is 9.42. The SMILES string of the molecule is COC[C@@H](C)N(C)C(=O)C1CCc2c(sc3ncnc(Nc4ccn5nccc5c4)c23)C1. The molecule has 0 bridgehead atoms. The fourth-order valence-corrected chi connectivity index (χ4v) is 5.68. The Hall–Kier alpha value is -3.04. The van der Waals surface area contributed by atoms with Crippen molar-refractivity contribution in [1.29, 1.82) is 0 Å². The number of hydrogen-bond donors (Lipinski definition) is 1. The minimum Gasteiger partial charge on any atom is -0.383 e. The number of fused-ring (bicyclic) bond motifs is 4. The quantitative estimate of drug-likeness (QED) is 0.482. The van der Waals surface area contributed by atoms with Crippen molar-refractivity contribution in [3.63, 3.8) is 0 Å². The highest BCUT2D eigenvalue weighted by Crippen LogP contribution is 2.40. The van der Waals surface area contributed by atoms with Crippen LogP contribution in [0.5, 0.6) is 0 Å². The van der Waals surface area contributed by atoms with Crippen LogP contribution in [0.15, 0.2) is 36.9 Å².